The van der Waals surface area contributed by atoms with Gasteiger partial charge in [0.15, 0.2) is 5.82 Å². The van der Waals surface area contributed by atoms with Crippen molar-refractivity contribution in [3.63, 3.8) is 0 Å². The molecule has 79 heavy (non-hydrogen) atoms. The van der Waals surface area contributed by atoms with Crippen LogP contribution < -0.4 is 26.0 Å². The molecule has 3 aromatic heterocycles. The summed E-state index contributed by atoms with van der Waals surface area (Å²) < 4.78 is 34.7. The molecule has 0 bridgehead atoms. The van der Waals surface area contributed by atoms with Crippen LogP contribution in [0.1, 0.15) is 55.3 Å². The minimum Gasteiger partial charge on any atom is -0.508 e. The van der Waals surface area contributed by atoms with Gasteiger partial charge in [0.25, 0.3) is 0 Å². The number of fused-ring (bicyclic) bond motifs is 2. The number of aromatic hydroxyl groups is 1. The molecule has 3 atom stereocenters. The zero-order valence-corrected chi connectivity index (χ0v) is 46.1. The van der Waals surface area contributed by atoms with Crippen LogP contribution in [0.25, 0.3) is 43.2 Å². The molecule has 0 spiro atoms. The summed E-state index contributed by atoms with van der Waals surface area (Å²) in [6, 6.07) is 17.9. The second-order valence-corrected chi connectivity index (χ2v) is 21.4. The smallest absolute Gasteiger partial charge is 0.314 e. The van der Waals surface area contributed by atoms with E-state index in [4.69, 9.17) is 36.3 Å². The molecule has 0 radical (unpaired) electrons. The fraction of sp³-hybridized carbons (Fsp3) is 0.393. The number of hydrogen-bond donors (Lipinski definition) is 5. The Balaban J connectivity index is 0.809. The number of hydrogen-bond acceptors (Lipinski definition) is 16. The number of carbonyl (C=O) groups excluding carboxylic acids is 4. The number of phenols is 1. The number of ether oxygens (including phenoxy) is 2. The average molecular weight is 1120 g/mol. The van der Waals surface area contributed by atoms with Gasteiger partial charge in [0.1, 0.15) is 47.2 Å². The van der Waals surface area contributed by atoms with Crippen molar-refractivity contribution in [3.8, 4) is 33.1 Å². The fourth-order valence-electron chi connectivity index (χ4n) is 10.1. The third-order valence-corrected chi connectivity index (χ3v) is 15.5. The number of amides is 5. The number of nitrogens with one attached hydrogen (secondary N) is 2. The lowest BCUT2D eigenvalue weighted by Crippen LogP contribution is -2.50. The summed E-state index contributed by atoms with van der Waals surface area (Å²) >= 11 is 8.38. The Morgan fingerprint density at radius 1 is 1.00 bits per heavy atom. The van der Waals surface area contributed by atoms with E-state index in [-0.39, 0.29) is 104 Å². The number of rotatable bonds is 20. The first kappa shape index (κ1) is 56.1. The number of thiazole rings is 1. The Morgan fingerprint density at radius 2 is 1.78 bits per heavy atom. The molecule has 2 aliphatic rings. The molecule has 9 rings (SSSR count). The summed E-state index contributed by atoms with van der Waals surface area (Å²) in [6.07, 6.45) is -0.742. The van der Waals surface area contributed by atoms with Crippen LogP contribution in [0.5, 0.6) is 11.5 Å². The van der Waals surface area contributed by atoms with Gasteiger partial charge in [-0.15, -0.1) is 11.3 Å². The highest BCUT2D eigenvalue weighted by Gasteiger charge is 2.43. The number of benzene rings is 4. The van der Waals surface area contributed by atoms with Crippen LogP contribution in [0.3, 0.4) is 0 Å². The number of aromatic nitrogens is 4. The summed E-state index contributed by atoms with van der Waals surface area (Å²) in [5.41, 5.74) is 10.8. The molecule has 2 aliphatic heterocycles. The van der Waals surface area contributed by atoms with Crippen molar-refractivity contribution < 1.29 is 47.8 Å². The second kappa shape index (κ2) is 24.6. The van der Waals surface area contributed by atoms with Crippen LogP contribution in [0.4, 0.5) is 21.0 Å². The molecule has 4 aromatic carbocycles. The summed E-state index contributed by atoms with van der Waals surface area (Å²) in [6.45, 7) is 9.86. The van der Waals surface area contributed by atoms with Crippen LogP contribution in [-0.2, 0) is 25.7 Å². The molecule has 5 amide bonds. The number of carbonyl (C=O) groups is 4. The van der Waals surface area contributed by atoms with E-state index in [2.05, 4.69) is 25.8 Å². The quantitative estimate of drug-likeness (QED) is 0.0471. The van der Waals surface area contributed by atoms with E-state index >= 15 is 4.39 Å². The Morgan fingerprint density at radius 3 is 2.51 bits per heavy atom. The van der Waals surface area contributed by atoms with Crippen LogP contribution in [-0.4, -0.2) is 154 Å². The number of primary amides is 1. The number of nitrogens with zero attached hydrogens (tertiary/aromatic N) is 8. The van der Waals surface area contributed by atoms with Crippen LogP contribution >= 0.6 is 22.9 Å². The number of likely N-dealkylation sites (N-methyl/N-ethyl adjacent to an activating group) is 1. The molecule has 0 unspecified atom stereocenters. The third-order valence-electron chi connectivity index (χ3n) is 14.3. The number of halogens is 2. The van der Waals surface area contributed by atoms with Gasteiger partial charge in [-0.05, 0) is 65.9 Å². The Hall–Kier alpha value is -7.66. The zero-order chi connectivity index (χ0) is 56.1. The van der Waals surface area contributed by atoms with Crippen molar-refractivity contribution in [3.05, 3.63) is 106 Å². The number of nitrogens with two attached hydrogens (primary N) is 1. The van der Waals surface area contributed by atoms with Crippen molar-refractivity contribution in [1.82, 2.24) is 40.1 Å². The van der Waals surface area contributed by atoms with E-state index < -0.39 is 35.8 Å². The first-order chi connectivity index (χ1) is 37.9. The molecule has 2 fully saturated rings. The van der Waals surface area contributed by atoms with Gasteiger partial charge in [-0.3, -0.25) is 14.4 Å². The van der Waals surface area contributed by atoms with Gasteiger partial charge >= 0.3 is 6.03 Å². The SMILES string of the molecule is Cc1cc([C@H](C(=O)N2C[C@H](O)C[C@H]2C(=O)NCc2ccc(-c3scnc3C)cc2OCCOCCN(C)C(=O)CCNc2nc(N3CCN(C(N)=O)CC3)c3cc(Cl)c(-c4cc(O)cc5ccccc45)c(F)c3n2)C(C)C)on1. The van der Waals surface area contributed by atoms with Crippen molar-refractivity contribution in [2.45, 2.75) is 65.1 Å². The first-order valence-corrected chi connectivity index (χ1v) is 27.3. The highest BCUT2D eigenvalue weighted by atomic mass is 35.5. The minimum atomic E-state index is -0.900. The van der Waals surface area contributed by atoms with Crippen LogP contribution in [0.15, 0.2) is 76.8 Å². The predicted octanol–water partition coefficient (Wildman–Crippen LogP) is 7.25. The molecule has 7 aromatic rings. The lowest BCUT2D eigenvalue weighted by molar-refractivity contribution is -0.141. The highest BCUT2D eigenvalue weighted by molar-refractivity contribution is 7.13. The molecule has 5 heterocycles. The van der Waals surface area contributed by atoms with Gasteiger partial charge in [0, 0.05) is 94.8 Å². The van der Waals surface area contributed by atoms with E-state index in [1.807, 2.05) is 68.1 Å². The van der Waals surface area contributed by atoms with Crippen LogP contribution in [0.2, 0.25) is 5.02 Å². The molecule has 23 heteroatoms. The maximum Gasteiger partial charge on any atom is 0.314 e. The number of aliphatic hydroxyl groups excluding tert-OH is 1. The van der Waals surface area contributed by atoms with E-state index in [0.29, 0.717) is 76.5 Å². The molecule has 2 saturated heterocycles. The summed E-state index contributed by atoms with van der Waals surface area (Å²) in [7, 11) is 1.67. The number of aryl methyl sites for hydroxylation is 2. The van der Waals surface area contributed by atoms with Gasteiger partial charge < -0.3 is 60.2 Å². The van der Waals surface area contributed by atoms with E-state index in [1.54, 1.807) is 42.6 Å². The van der Waals surface area contributed by atoms with Crippen molar-refractivity contribution in [1.29, 1.82) is 0 Å². The molecule has 6 N–H and O–H groups in total. The van der Waals surface area contributed by atoms with Gasteiger partial charge in [-0.2, -0.15) is 4.98 Å². The first-order valence-electron chi connectivity index (χ1n) is 26.1. The zero-order valence-electron chi connectivity index (χ0n) is 44.5. The van der Waals surface area contributed by atoms with Crippen molar-refractivity contribution in [2.24, 2.45) is 11.7 Å². The maximum atomic E-state index is 17.0. The monoisotopic (exact) mass is 1120 g/mol. The highest BCUT2D eigenvalue weighted by Crippen LogP contribution is 2.43. The van der Waals surface area contributed by atoms with Crippen LogP contribution in [0, 0.1) is 25.6 Å². The van der Waals surface area contributed by atoms with Crippen molar-refractivity contribution >= 4 is 80.1 Å². The Bertz CT molecular complexity index is 3390. The van der Waals surface area contributed by atoms with Gasteiger partial charge in [-0.1, -0.05) is 67.0 Å². The third kappa shape index (κ3) is 12.6. The molecule has 0 saturated carbocycles. The lowest BCUT2D eigenvalue weighted by Gasteiger charge is -2.35. The number of piperazine rings is 1. The molecular weight excluding hydrogens is 1060 g/mol. The summed E-state index contributed by atoms with van der Waals surface area (Å²) in [5.74, 6) is -1.15. The maximum absolute atomic E-state index is 17.0. The lowest BCUT2D eigenvalue weighted by atomic mass is 9.91. The fourth-order valence-corrected chi connectivity index (χ4v) is 11.2. The Labute approximate surface area is 464 Å². The molecule has 416 valence electrons. The standard InChI is InChI=1S/C56H63ClFN11O9S/c1-31(2)47(45-22-32(3)65-78-45)54(74)69-29-38(71)26-43(69)53(73)61-28-36-11-10-35(51-33(4)62-30-79-51)24-44(36)77-21-20-76-19-18-66(5)46(72)12-13-60-56-63-50-41(52(64-56)67-14-16-68(17-15-67)55(59)75)27-42(57)48(49(50)58)40-25-37(70)23-34-8-6-7-9-39(34)40/h6-11,22-25,27,30-31,38,43,47,70-71H,12-21,26,28-29H2,1-5H3,(H2,59,75)(H,61,73)(H,60,63,64)/t38-,43+,47-/m1/s1. The van der Waals surface area contributed by atoms with Crippen molar-refractivity contribution in [2.75, 3.05) is 82.9 Å². The van der Waals surface area contributed by atoms with Gasteiger partial charge in [-0.25, -0.2) is 19.2 Å². The number of β-amino-alcohol motifs (C(OH)–C–C–N with tert-alkyl or cyclic N) is 1. The number of anilines is 2. The summed E-state index contributed by atoms with van der Waals surface area (Å²) in [4.78, 5) is 74.3. The normalized spacial score (nSPS) is 16.0. The number of aliphatic hydroxyl groups is 1. The average Bonchev–Trinajstić information content (AvgIpc) is 4.26. The minimum absolute atomic E-state index is 0.0133. The molecular formula is C56H63ClFN11O9S. The number of phenolic OH excluding ortho intramolecular Hbond substituents is 1. The number of likely N-dealkylation sites (tertiary alicyclic amines) is 1. The number of urea groups is 1. The second-order valence-electron chi connectivity index (χ2n) is 20.1. The van der Waals surface area contributed by atoms with Gasteiger partial charge in [0.2, 0.25) is 23.7 Å². The van der Waals surface area contributed by atoms with Gasteiger partial charge in [0.05, 0.1) is 46.1 Å². The summed E-state index contributed by atoms with van der Waals surface area (Å²) in [5, 5.41) is 33.2. The van der Waals surface area contributed by atoms with E-state index in [1.165, 1.54) is 27.2 Å². The topological polar surface area (TPSA) is 255 Å². The molecule has 0 aliphatic carbocycles. The Kier molecular flexibility index (Phi) is 17.4. The largest absolute Gasteiger partial charge is 0.508 e. The molecule has 20 nitrogen and oxygen atoms in total. The van der Waals surface area contributed by atoms with E-state index in [9.17, 15) is 29.4 Å². The predicted molar refractivity (Wildman–Crippen MR) is 299 cm³/mol. The van der Waals surface area contributed by atoms with E-state index in [0.717, 1.165) is 16.1 Å².